The van der Waals surface area contributed by atoms with E-state index in [9.17, 15) is 4.79 Å². The lowest BCUT2D eigenvalue weighted by molar-refractivity contribution is 0.00572. The maximum atomic E-state index is 12.9. The van der Waals surface area contributed by atoms with E-state index in [4.69, 9.17) is 9.47 Å². The Balaban J connectivity index is 1.86. The molecule has 1 saturated heterocycles. The van der Waals surface area contributed by atoms with E-state index in [0.29, 0.717) is 29.8 Å². The molecule has 2 heterocycles. The Hall–Kier alpha value is -2.47. The Labute approximate surface area is 173 Å². The van der Waals surface area contributed by atoms with Crippen molar-refractivity contribution in [2.75, 3.05) is 13.1 Å². The molecule has 0 saturated carbocycles. The fourth-order valence-electron chi connectivity index (χ4n) is 3.42. The first-order valence-corrected chi connectivity index (χ1v) is 10.3. The molecule has 0 unspecified atom stereocenters. The third-order valence-electron chi connectivity index (χ3n) is 4.83. The molecule has 1 aliphatic rings. The lowest BCUT2D eigenvalue weighted by atomic mass is 9.94. The van der Waals surface area contributed by atoms with Crippen LogP contribution < -0.4 is 10.1 Å². The number of carbonyl (C=O) groups excluding carboxylic acids is 1. The molecule has 2 aromatic rings. The number of benzene rings is 1. The van der Waals surface area contributed by atoms with Crippen LogP contribution in [0.3, 0.4) is 0 Å². The largest absolute Gasteiger partial charge is 0.484 e. The Morgan fingerprint density at radius 1 is 1.14 bits per heavy atom. The molecule has 0 amide bonds. The highest BCUT2D eigenvalue weighted by atomic mass is 16.6. The number of nitrogens with one attached hydrogen (secondary N) is 1. The van der Waals surface area contributed by atoms with Crippen molar-refractivity contribution in [1.82, 2.24) is 15.3 Å². The van der Waals surface area contributed by atoms with Crippen LogP contribution in [0.25, 0.3) is 0 Å². The van der Waals surface area contributed by atoms with E-state index in [1.807, 2.05) is 58.0 Å². The van der Waals surface area contributed by atoms with Gasteiger partial charge in [-0.15, -0.1) is 0 Å². The molecule has 1 aromatic carbocycles. The lowest BCUT2D eigenvalue weighted by Crippen LogP contribution is -2.29. The minimum Gasteiger partial charge on any atom is -0.484 e. The third-order valence-corrected chi connectivity index (χ3v) is 4.83. The predicted molar refractivity (Wildman–Crippen MR) is 112 cm³/mol. The van der Waals surface area contributed by atoms with E-state index >= 15 is 0 Å². The first-order valence-electron chi connectivity index (χ1n) is 10.3. The van der Waals surface area contributed by atoms with Crippen molar-refractivity contribution in [3.05, 3.63) is 53.1 Å². The standard InChI is InChI=1S/C23H31N3O3/c1-16-21(28-15-18-8-6-5-7-9-18)20(22(27)29-23(2,3)4)26-19(25-16)14-17-10-12-24-13-11-17/h5-9,17,24H,10-15H2,1-4H3. The molecule has 1 N–H and O–H groups in total. The van der Waals surface area contributed by atoms with Crippen molar-refractivity contribution in [3.8, 4) is 5.75 Å². The molecular weight excluding hydrogens is 366 g/mol. The van der Waals surface area contributed by atoms with Crippen LogP contribution in [0.2, 0.25) is 0 Å². The molecular formula is C23H31N3O3. The van der Waals surface area contributed by atoms with Crippen LogP contribution in [0.15, 0.2) is 30.3 Å². The highest BCUT2D eigenvalue weighted by Gasteiger charge is 2.26. The van der Waals surface area contributed by atoms with Crippen LogP contribution in [-0.4, -0.2) is 34.6 Å². The smallest absolute Gasteiger partial charge is 0.361 e. The van der Waals surface area contributed by atoms with Crippen molar-refractivity contribution in [1.29, 1.82) is 0 Å². The molecule has 29 heavy (non-hydrogen) atoms. The Morgan fingerprint density at radius 2 is 1.83 bits per heavy atom. The molecule has 6 nitrogen and oxygen atoms in total. The average Bonchev–Trinajstić information content (AvgIpc) is 2.67. The van der Waals surface area contributed by atoms with Gasteiger partial charge in [0.05, 0.1) is 5.69 Å². The van der Waals surface area contributed by atoms with Crippen LogP contribution in [0.4, 0.5) is 0 Å². The summed E-state index contributed by atoms with van der Waals surface area (Å²) in [6.07, 6.45) is 2.95. The molecule has 6 heteroatoms. The number of aromatic nitrogens is 2. The minimum absolute atomic E-state index is 0.215. The SMILES string of the molecule is Cc1nc(CC2CCNCC2)nc(C(=O)OC(C)(C)C)c1OCc1ccccc1. The van der Waals surface area contributed by atoms with Gasteiger partial charge in [-0.25, -0.2) is 14.8 Å². The van der Waals surface area contributed by atoms with Gasteiger partial charge in [-0.1, -0.05) is 30.3 Å². The molecule has 1 fully saturated rings. The van der Waals surface area contributed by atoms with Gasteiger partial charge in [0.15, 0.2) is 11.4 Å². The van der Waals surface area contributed by atoms with Gasteiger partial charge in [0.25, 0.3) is 0 Å². The quantitative estimate of drug-likeness (QED) is 0.746. The highest BCUT2D eigenvalue weighted by Crippen LogP contribution is 2.26. The molecule has 1 aromatic heterocycles. The Morgan fingerprint density at radius 3 is 2.48 bits per heavy atom. The number of nitrogens with zero attached hydrogens (tertiary/aromatic N) is 2. The van der Waals surface area contributed by atoms with Gasteiger partial charge in [-0.3, -0.25) is 0 Å². The zero-order valence-corrected chi connectivity index (χ0v) is 17.8. The van der Waals surface area contributed by atoms with Crippen LogP contribution in [0.5, 0.6) is 5.75 Å². The van der Waals surface area contributed by atoms with Crippen LogP contribution in [-0.2, 0) is 17.8 Å². The first-order chi connectivity index (χ1) is 13.8. The summed E-state index contributed by atoms with van der Waals surface area (Å²) < 4.78 is 11.6. The molecule has 3 rings (SSSR count). The van der Waals surface area contributed by atoms with Crippen molar-refractivity contribution < 1.29 is 14.3 Å². The predicted octanol–water partition coefficient (Wildman–Crippen LogP) is 3.86. The summed E-state index contributed by atoms with van der Waals surface area (Å²) in [5.41, 5.74) is 1.29. The van der Waals surface area contributed by atoms with E-state index < -0.39 is 11.6 Å². The van der Waals surface area contributed by atoms with Gasteiger partial charge in [-0.05, 0) is 65.1 Å². The Bertz CT molecular complexity index is 825. The Kier molecular flexibility index (Phi) is 6.85. The van der Waals surface area contributed by atoms with E-state index in [-0.39, 0.29) is 5.69 Å². The van der Waals surface area contributed by atoms with E-state index in [1.54, 1.807) is 0 Å². The fraction of sp³-hybridized carbons (Fsp3) is 0.522. The summed E-state index contributed by atoms with van der Waals surface area (Å²) in [4.78, 5) is 22.1. The van der Waals surface area contributed by atoms with Gasteiger partial charge >= 0.3 is 5.97 Å². The number of hydrogen-bond donors (Lipinski definition) is 1. The molecule has 1 aliphatic heterocycles. The maximum absolute atomic E-state index is 12.9. The normalized spacial score (nSPS) is 15.2. The number of esters is 1. The fourth-order valence-corrected chi connectivity index (χ4v) is 3.42. The second kappa shape index (κ2) is 9.35. The molecule has 0 aliphatic carbocycles. The van der Waals surface area contributed by atoms with Gasteiger partial charge < -0.3 is 14.8 Å². The van der Waals surface area contributed by atoms with Crippen molar-refractivity contribution in [3.63, 3.8) is 0 Å². The van der Waals surface area contributed by atoms with E-state index in [1.165, 1.54) is 0 Å². The van der Waals surface area contributed by atoms with Gasteiger partial charge in [0.2, 0.25) is 0 Å². The van der Waals surface area contributed by atoms with E-state index in [0.717, 1.165) is 37.9 Å². The summed E-state index contributed by atoms with van der Waals surface area (Å²) in [5, 5.41) is 3.37. The van der Waals surface area contributed by atoms with Gasteiger partial charge in [-0.2, -0.15) is 0 Å². The number of ether oxygens (including phenoxy) is 2. The topological polar surface area (TPSA) is 73.3 Å². The lowest BCUT2D eigenvalue weighted by Gasteiger charge is -2.23. The third kappa shape index (κ3) is 6.26. The van der Waals surface area contributed by atoms with E-state index in [2.05, 4.69) is 15.3 Å². The average molecular weight is 398 g/mol. The second-order valence-electron chi connectivity index (χ2n) is 8.58. The van der Waals surface area contributed by atoms with Gasteiger partial charge in [0, 0.05) is 6.42 Å². The van der Waals surface area contributed by atoms with Crippen LogP contribution in [0.1, 0.15) is 61.2 Å². The van der Waals surface area contributed by atoms with Crippen molar-refractivity contribution in [2.45, 2.75) is 59.2 Å². The summed E-state index contributed by atoms with van der Waals surface area (Å²) >= 11 is 0. The monoisotopic (exact) mass is 397 g/mol. The van der Waals surface area contributed by atoms with Gasteiger partial charge in [0.1, 0.15) is 18.0 Å². The summed E-state index contributed by atoms with van der Waals surface area (Å²) in [7, 11) is 0. The number of hydrogen-bond acceptors (Lipinski definition) is 6. The molecule has 156 valence electrons. The van der Waals surface area contributed by atoms with Crippen LogP contribution >= 0.6 is 0 Å². The zero-order valence-electron chi connectivity index (χ0n) is 17.8. The van der Waals surface area contributed by atoms with Crippen molar-refractivity contribution in [2.24, 2.45) is 5.92 Å². The number of rotatable bonds is 6. The minimum atomic E-state index is -0.609. The molecule has 0 radical (unpaired) electrons. The summed E-state index contributed by atoms with van der Waals surface area (Å²) in [6, 6.07) is 9.83. The molecule has 0 atom stereocenters. The maximum Gasteiger partial charge on any atom is 0.361 e. The van der Waals surface area contributed by atoms with Crippen molar-refractivity contribution >= 4 is 5.97 Å². The second-order valence-corrected chi connectivity index (χ2v) is 8.58. The summed E-state index contributed by atoms with van der Waals surface area (Å²) in [5.74, 6) is 1.13. The molecule has 0 bridgehead atoms. The number of carbonyl (C=O) groups is 1. The number of piperidine rings is 1. The zero-order chi connectivity index (χ0) is 20.9. The van der Waals surface area contributed by atoms with Crippen LogP contribution in [0, 0.1) is 12.8 Å². The summed E-state index contributed by atoms with van der Waals surface area (Å²) in [6.45, 7) is 9.77. The first kappa shape index (κ1) is 21.2. The highest BCUT2D eigenvalue weighted by molar-refractivity contribution is 5.90. The molecule has 0 spiro atoms. The number of aryl methyl sites for hydroxylation is 1.